The molecule has 1 aromatic carbocycles. The zero-order valence-corrected chi connectivity index (χ0v) is 24.9. The van der Waals surface area contributed by atoms with Crippen molar-refractivity contribution in [2.24, 2.45) is 13.0 Å². The van der Waals surface area contributed by atoms with E-state index >= 15 is 0 Å². The Morgan fingerprint density at radius 1 is 1.09 bits per heavy atom. The normalized spacial score (nSPS) is 13.4. The van der Waals surface area contributed by atoms with Gasteiger partial charge in [-0.15, -0.1) is 0 Å². The van der Waals surface area contributed by atoms with Gasteiger partial charge in [0.2, 0.25) is 11.9 Å². The van der Waals surface area contributed by atoms with Crippen molar-refractivity contribution in [2.45, 2.75) is 19.0 Å². The summed E-state index contributed by atoms with van der Waals surface area (Å²) in [7, 11) is 5.78. The second kappa shape index (κ2) is 10.9. The molecule has 1 N–H and O–H groups in total. The Labute approximate surface area is 257 Å². The Kier molecular flexibility index (Phi) is 7.26. The molecule has 6 rings (SSSR count). The van der Waals surface area contributed by atoms with Crippen molar-refractivity contribution in [3.63, 3.8) is 0 Å². The van der Waals surface area contributed by atoms with Crippen molar-refractivity contribution < 1.29 is 31.9 Å². The molecule has 0 aliphatic heterocycles. The maximum absolute atomic E-state index is 14.7. The molecule has 0 saturated heterocycles. The predicted molar refractivity (Wildman–Crippen MR) is 155 cm³/mol. The van der Waals surface area contributed by atoms with Crippen LogP contribution in [0, 0.1) is 11.7 Å². The molecule has 234 valence electrons. The molecule has 0 bridgehead atoms. The van der Waals surface area contributed by atoms with Crippen LogP contribution in [-0.2, 0) is 18.0 Å². The number of amides is 2. The lowest BCUT2D eigenvalue weighted by atomic mass is 10.1. The monoisotopic (exact) mass is 645 g/mol. The van der Waals surface area contributed by atoms with E-state index < -0.39 is 29.0 Å². The van der Waals surface area contributed by atoms with Crippen LogP contribution in [0.2, 0.25) is 5.02 Å². The third kappa shape index (κ3) is 5.45. The fourth-order valence-electron chi connectivity index (χ4n) is 4.66. The average molecular weight is 646 g/mol. The first-order chi connectivity index (χ1) is 21.2. The number of hydrogen-bond donors (Lipinski definition) is 1. The summed E-state index contributed by atoms with van der Waals surface area (Å²) in [6, 6.07) is 1.52. The number of ether oxygens (including phenoxy) is 1. The molecule has 2 amide bonds. The minimum Gasteiger partial charge on any atom is -0.450 e. The SMILES string of the molecule is CN(C)C(=O)c1cc(Nc2nc3ncc(Oc4cnn5cc(N(C)C(=O)C6CC6)ncc45)c(Cl)c3n2C)cc(C(F)(F)F)c1F. The van der Waals surface area contributed by atoms with Crippen LogP contribution in [0.15, 0.2) is 36.9 Å². The first kappa shape index (κ1) is 30.1. The minimum atomic E-state index is -5.06. The van der Waals surface area contributed by atoms with Gasteiger partial charge >= 0.3 is 6.18 Å². The standard InChI is InChI=1S/C28H24ClF4N9O3/c1-39(2)26(44)15-7-14(8-16(22(15)30)28(31,32)33)37-27-38-24-23(41(27)4)21(29)19(10-35-24)45-18-11-36-42-12-20(34-9-17(18)42)40(3)25(43)13-5-6-13/h7-13H,5-6H2,1-4H3,(H,35,37,38). The number of carbonyl (C=O) groups excluding carboxylic acids is 2. The van der Waals surface area contributed by atoms with Gasteiger partial charge < -0.3 is 19.5 Å². The zero-order chi connectivity index (χ0) is 32.4. The number of alkyl halides is 3. The van der Waals surface area contributed by atoms with Crippen LogP contribution in [0.1, 0.15) is 28.8 Å². The fourth-order valence-corrected chi connectivity index (χ4v) is 4.96. The summed E-state index contributed by atoms with van der Waals surface area (Å²) in [6.45, 7) is 0. The highest BCUT2D eigenvalue weighted by molar-refractivity contribution is 6.36. The summed E-state index contributed by atoms with van der Waals surface area (Å²) in [6.07, 6.45) is 2.54. The van der Waals surface area contributed by atoms with E-state index in [1.807, 2.05) is 0 Å². The quantitative estimate of drug-likeness (QED) is 0.233. The van der Waals surface area contributed by atoms with Gasteiger partial charge in [0.15, 0.2) is 23.0 Å². The van der Waals surface area contributed by atoms with Gasteiger partial charge in [0, 0.05) is 39.8 Å². The van der Waals surface area contributed by atoms with Crippen LogP contribution in [0.5, 0.6) is 11.5 Å². The molecule has 1 aliphatic rings. The number of aryl methyl sites for hydroxylation is 1. The lowest BCUT2D eigenvalue weighted by Crippen LogP contribution is -2.28. The van der Waals surface area contributed by atoms with Gasteiger partial charge in [-0.2, -0.15) is 23.3 Å². The van der Waals surface area contributed by atoms with E-state index in [2.05, 4.69) is 25.4 Å². The van der Waals surface area contributed by atoms with E-state index in [1.54, 1.807) is 13.2 Å². The largest absolute Gasteiger partial charge is 0.450 e. The number of nitrogens with one attached hydrogen (secondary N) is 1. The molecule has 5 aromatic rings. The third-order valence-corrected chi connectivity index (χ3v) is 7.62. The highest BCUT2D eigenvalue weighted by Crippen LogP contribution is 2.39. The summed E-state index contributed by atoms with van der Waals surface area (Å²) in [5.74, 6) is -1.77. The fraction of sp³-hybridized carbons (Fsp3) is 0.286. The Bertz CT molecular complexity index is 2000. The van der Waals surface area contributed by atoms with Crippen LogP contribution in [-0.4, -0.2) is 67.0 Å². The van der Waals surface area contributed by atoms with Crippen molar-refractivity contribution in [3.05, 3.63) is 58.9 Å². The van der Waals surface area contributed by atoms with Gasteiger partial charge in [0.1, 0.15) is 21.9 Å². The topological polar surface area (TPSA) is 123 Å². The molecular formula is C28H24ClF4N9O3. The number of imidazole rings is 1. The lowest BCUT2D eigenvalue weighted by Gasteiger charge is -2.17. The number of halogens is 5. The van der Waals surface area contributed by atoms with E-state index in [4.69, 9.17) is 16.3 Å². The Morgan fingerprint density at radius 2 is 1.82 bits per heavy atom. The van der Waals surface area contributed by atoms with Gasteiger partial charge in [0.05, 0.1) is 35.9 Å². The molecule has 4 heterocycles. The Hall–Kier alpha value is -4.99. The van der Waals surface area contributed by atoms with E-state index in [9.17, 15) is 27.2 Å². The molecule has 4 aromatic heterocycles. The van der Waals surface area contributed by atoms with Crippen molar-refractivity contribution in [1.29, 1.82) is 0 Å². The molecule has 45 heavy (non-hydrogen) atoms. The van der Waals surface area contributed by atoms with Crippen LogP contribution in [0.3, 0.4) is 0 Å². The zero-order valence-electron chi connectivity index (χ0n) is 24.1. The number of anilines is 3. The second-order valence-electron chi connectivity index (χ2n) is 10.7. The lowest BCUT2D eigenvalue weighted by molar-refractivity contribution is -0.140. The number of nitrogens with zero attached hydrogens (tertiary/aromatic N) is 8. The maximum Gasteiger partial charge on any atom is 0.419 e. The van der Waals surface area contributed by atoms with Gasteiger partial charge in [-0.1, -0.05) is 11.6 Å². The highest BCUT2D eigenvalue weighted by atomic mass is 35.5. The van der Waals surface area contributed by atoms with E-state index in [0.29, 0.717) is 17.4 Å². The third-order valence-electron chi connectivity index (χ3n) is 7.25. The molecule has 1 saturated carbocycles. The number of hydrogen-bond acceptors (Lipinski definition) is 8. The molecule has 1 aliphatic carbocycles. The number of fused-ring (bicyclic) bond motifs is 2. The predicted octanol–water partition coefficient (Wildman–Crippen LogP) is 5.43. The molecule has 0 spiro atoms. The first-order valence-electron chi connectivity index (χ1n) is 13.4. The Morgan fingerprint density at radius 3 is 2.49 bits per heavy atom. The smallest absolute Gasteiger partial charge is 0.419 e. The molecule has 0 radical (unpaired) electrons. The second-order valence-corrected chi connectivity index (χ2v) is 11.0. The van der Waals surface area contributed by atoms with E-state index in [1.165, 1.54) is 53.7 Å². The number of rotatable bonds is 7. The maximum atomic E-state index is 14.7. The molecule has 0 unspecified atom stereocenters. The molecular weight excluding hydrogens is 622 g/mol. The summed E-state index contributed by atoms with van der Waals surface area (Å²) < 4.78 is 64.6. The first-order valence-corrected chi connectivity index (χ1v) is 13.8. The summed E-state index contributed by atoms with van der Waals surface area (Å²) in [5, 5.41) is 7.08. The van der Waals surface area contributed by atoms with Crippen molar-refractivity contribution in [2.75, 3.05) is 31.4 Å². The van der Waals surface area contributed by atoms with Gasteiger partial charge in [-0.3, -0.25) is 14.5 Å². The molecule has 0 atom stereocenters. The molecule has 17 heteroatoms. The van der Waals surface area contributed by atoms with E-state index in [0.717, 1.165) is 23.8 Å². The van der Waals surface area contributed by atoms with Gasteiger partial charge in [-0.25, -0.2) is 18.9 Å². The van der Waals surface area contributed by atoms with Crippen molar-refractivity contribution >= 4 is 57.5 Å². The molecule has 12 nitrogen and oxygen atoms in total. The summed E-state index contributed by atoms with van der Waals surface area (Å²) in [5.41, 5.74) is -1.72. The number of carbonyl (C=O) groups is 2. The number of aromatic nitrogens is 6. The summed E-state index contributed by atoms with van der Waals surface area (Å²) in [4.78, 5) is 40.3. The van der Waals surface area contributed by atoms with Crippen LogP contribution < -0.4 is 15.0 Å². The van der Waals surface area contributed by atoms with Crippen LogP contribution >= 0.6 is 11.6 Å². The van der Waals surface area contributed by atoms with Gasteiger partial charge in [-0.05, 0) is 25.0 Å². The number of benzene rings is 1. The average Bonchev–Trinajstić information content (AvgIpc) is 3.70. The van der Waals surface area contributed by atoms with Crippen molar-refractivity contribution in [3.8, 4) is 11.5 Å². The van der Waals surface area contributed by atoms with Gasteiger partial charge in [0.25, 0.3) is 5.91 Å². The van der Waals surface area contributed by atoms with Crippen LogP contribution in [0.25, 0.3) is 16.7 Å². The molecule has 1 fully saturated rings. The number of pyridine rings is 1. The van der Waals surface area contributed by atoms with Crippen molar-refractivity contribution in [1.82, 2.24) is 34.0 Å². The van der Waals surface area contributed by atoms with E-state index in [-0.39, 0.29) is 51.1 Å². The summed E-state index contributed by atoms with van der Waals surface area (Å²) >= 11 is 6.69. The minimum absolute atomic E-state index is 0.00983. The van der Waals surface area contributed by atoms with Crippen LogP contribution in [0.4, 0.5) is 35.0 Å². The highest BCUT2D eigenvalue weighted by Gasteiger charge is 2.37. The Balaban J connectivity index is 1.31.